The fourth-order valence-corrected chi connectivity index (χ4v) is 2.09. The van der Waals surface area contributed by atoms with Gasteiger partial charge in [0.15, 0.2) is 5.88 Å². The molecular weight excluding hydrogens is 249 g/mol. The Labute approximate surface area is 108 Å². The van der Waals surface area contributed by atoms with E-state index in [-0.39, 0.29) is 5.82 Å². The van der Waals surface area contributed by atoms with Gasteiger partial charge in [0.2, 0.25) is 8.32 Å². The molecule has 0 spiro atoms. The Balaban J connectivity index is 2.84. The van der Waals surface area contributed by atoms with Gasteiger partial charge in [0.1, 0.15) is 11.6 Å². The van der Waals surface area contributed by atoms with Crippen LogP contribution in [0, 0.1) is 5.82 Å². The highest BCUT2D eigenvalue weighted by Gasteiger charge is 2.16. The maximum atomic E-state index is 13.1. The summed E-state index contributed by atoms with van der Waals surface area (Å²) in [4.78, 5) is 4.08. The first-order valence-electron chi connectivity index (χ1n) is 5.57. The average molecular weight is 267 g/mol. The third-order valence-corrected chi connectivity index (χ3v) is 2.81. The zero-order valence-corrected chi connectivity index (χ0v) is 12.2. The first-order valence-corrected chi connectivity index (χ1v) is 8.98. The smallest absolute Gasteiger partial charge is 0.244 e. The van der Waals surface area contributed by atoms with E-state index < -0.39 is 8.32 Å². The molecule has 0 aliphatic rings. The highest BCUT2D eigenvalue weighted by atomic mass is 28.4. The molecule has 0 radical (unpaired) electrons. The summed E-state index contributed by atoms with van der Waals surface area (Å²) >= 11 is 0. The minimum absolute atomic E-state index is 0.334. The third kappa shape index (κ3) is 4.71. The van der Waals surface area contributed by atoms with Crippen LogP contribution >= 0.6 is 0 Å². The van der Waals surface area contributed by atoms with Gasteiger partial charge >= 0.3 is 0 Å². The first kappa shape index (κ1) is 14.4. The van der Waals surface area contributed by atoms with Gasteiger partial charge in [-0.1, -0.05) is 0 Å². The fourth-order valence-electron chi connectivity index (χ4n) is 1.33. The Morgan fingerprint density at radius 1 is 1.39 bits per heavy atom. The third-order valence-electron chi connectivity index (χ3n) is 1.96. The molecule has 0 saturated heterocycles. The van der Waals surface area contributed by atoms with Crippen LogP contribution in [0.2, 0.25) is 19.6 Å². The maximum Gasteiger partial charge on any atom is 0.244 e. The number of halogens is 1. The van der Waals surface area contributed by atoms with Gasteiger partial charge in [0.05, 0.1) is 7.11 Å². The van der Waals surface area contributed by atoms with Crippen molar-refractivity contribution in [3.05, 3.63) is 42.0 Å². The number of benzene rings is 1. The lowest BCUT2D eigenvalue weighted by Crippen LogP contribution is -2.24. The van der Waals surface area contributed by atoms with Gasteiger partial charge in [-0.05, 0) is 44.4 Å². The van der Waals surface area contributed by atoms with Crippen LogP contribution in [0.1, 0.15) is 5.56 Å². The van der Waals surface area contributed by atoms with Gasteiger partial charge in [0.25, 0.3) is 0 Å². The minimum Gasteiger partial charge on any atom is -0.532 e. The number of rotatable bonds is 5. The summed E-state index contributed by atoms with van der Waals surface area (Å²) in [6.07, 6.45) is 1.49. The van der Waals surface area contributed by atoms with Crippen molar-refractivity contribution < 1.29 is 13.6 Å². The molecule has 98 valence electrons. The van der Waals surface area contributed by atoms with Crippen molar-refractivity contribution in [1.29, 1.82) is 0 Å². The maximum absolute atomic E-state index is 13.1. The molecule has 1 aromatic carbocycles. The van der Waals surface area contributed by atoms with Crippen molar-refractivity contribution in [2.24, 2.45) is 4.99 Å². The van der Waals surface area contributed by atoms with Crippen LogP contribution in [-0.4, -0.2) is 21.6 Å². The largest absolute Gasteiger partial charge is 0.532 e. The molecule has 18 heavy (non-hydrogen) atoms. The summed E-state index contributed by atoms with van der Waals surface area (Å²) < 4.78 is 23.8. The zero-order valence-electron chi connectivity index (χ0n) is 11.2. The van der Waals surface area contributed by atoms with Gasteiger partial charge < -0.3 is 9.16 Å². The molecule has 0 unspecified atom stereocenters. The molecule has 0 fully saturated rings. The quantitative estimate of drug-likeness (QED) is 0.464. The molecule has 1 aromatic rings. The fraction of sp³-hybridized carbons (Fsp3) is 0.308. The van der Waals surface area contributed by atoms with Gasteiger partial charge in [-0.15, -0.1) is 0 Å². The normalized spacial score (nSPS) is 11.6. The molecule has 0 atom stereocenters. The van der Waals surface area contributed by atoms with Gasteiger partial charge in [-0.2, -0.15) is 0 Å². The number of ether oxygens (including phenoxy) is 1. The number of hydrogen-bond donors (Lipinski definition) is 0. The van der Waals surface area contributed by atoms with Crippen LogP contribution in [0.5, 0.6) is 5.75 Å². The lowest BCUT2D eigenvalue weighted by Gasteiger charge is -2.18. The molecule has 0 aliphatic heterocycles. The van der Waals surface area contributed by atoms with Crippen LogP contribution in [-0.2, 0) is 4.43 Å². The molecule has 1 rings (SSSR count). The zero-order chi connectivity index (χ0) is 13.8. The van der Waals surface area contributed by atoms with Crippen molar-refractivity contribution in [2.45, 2.75) is 19.6 Å². The van der Waals surface area contributed by atoms with Gasteiger partial charge in [-0.25, -0.2) is 9.38 Å². The Morgan fingerprint density at radius 3 is 2.61 bits per heavy atom. The molecule has 0 saturated carbocycles. The monoisotopic (exact) mass is 267 g/mol. The number of nitrogens with zero attached hydrogens (tertiary/aromatic N) is 1. The summed E-state index contributed by atoms with van der Waals surface area (Å²) in [7, 11) is -0.184. The molecule has 3 nitrogen and oxygen atoms in total. The Bertz CT molecular complexity index is 467. The van der Waals surface area contributed by atoms with Crippen LogP contribution in [0.4, 0.5) is 4.39 Å². The molecule has 0 N–H and O–H groups in total. The predicted octanol–water partition coefficient (Wildman–Crippen LogP) is 3.58. The molecular formula is C13H18FNO2Si. The molecule has 0 heterocycles. The van der Waals surface area contributed by atoms with Gasteiger partial charge in [-0.3, -0.25) is 0 Å². The van der Waals surface area contributed by atoms with E-state index in [4.69, 9.17) is 9.16 Å². The standard InChI is InChI=1S/C13H18FNO2Si/c1-10(17-18(3,4)5)15-9-11-8-12(14)6-7-13(11)16-2/h6-9H,1H2,2-5H3/b15-9+. The van der Waals surface area contributed by atoms with E-state index in [0.717, 1.165) is 0 Å². The second-order valence-electron chi connectivity index (χ2n) is 4.75. The van der Waals surface area contributed by atoms with Crippen LogP contribution in [0.3, 0.4) is 0 Å². The van der Waals surface area contributed by atoms with Crippen molar-refractivity contribution in [1.82, 2.24) is 0 Å². The van der Waals surface area contributed by atoms with E-state index in [0.29, 0.717) is 17.2 Å². The Kier molecular flexibility index (Phi) is 4.67. The number of methoxy groups -OCH3 is 1. The Hall–Kier alpha value is -1.62. The topological polar surface area (TPSA) is 30.8 Å². The van der Waals surface area contributed by atoms with Crippen molar-refractivity contribution in [3.63, 3.8) is 0 Å². The second kappa shape index (κ2) is 5.82. The Morgan fingerprint density at radius 2 is 2.06 bits per heavy atom. The van der Waals surface area contributed by atoms with E-state index >= 15 is 0 Å². The van der Waals surface area contributed by atoms with Crippen molar-refractivity contribution in [2.75, 3.05) is 7.11 Å². The van der Waals surface area contributed by atoms with Crippen LogP contribution in [0.15, 0.2) is 35.7 Å². The van der Waals surface area contributed by atoms with E-state index in [1.165, 1.54) is 25.5 Å². The highest BCUT2D eigenvalue weighted by molar-refractivity contribution is 6.70. The molecule has 5 heteroatoms. The van der Waals surface area contributed by atoms with E-state index in [9.17, 15) is 4.39 Å². The molecule has 0 amide bonds. The van der Waals surface area contributed by atoms with Crippen LogP contribution < -0.4 is 4.74 Å². The first-order chi connectivity index (χ1) is 8.31. The molecule has 0 bridgehead atoms. The SMILES string of the molecule is C=C(/N=C/c1cc(F)ccc1OC)O[Si](C)(C)C. The summed E-state index contributed by atoms with van der Waals surface area (Å²) in [5.41, 5.74) is 0.554. The lowest BCUT2D eigenvalue weighted by molar-refractivity contribution is 0.412. The predicted molar refractivity (Wildman–Crippen MR) is 74.1 cm³/mol. The number of hydrogen-bond acceptors (Lipinski definition) is 3. The summed E-state index contributed by atoms with van der Waals surface area (Å²) in [6, 6.07) is 4.24. The number of aliphatic imine (C=N–C) groups is 1. The second-order valence-corrected chi connectivity index (χ2v) is 9.18. The lowest BCUT2D eigenvalue weighted by atomic mass is 10.2. The van der Waals surface area contributed by atoms with Crippen LogP contribution in [0.25, 0.3) is 0 Å². The summed E-state index contributed by atoms with van der Waals surface area (Å²) in [5.74, 6) is 0.551. The summed E-state index contributed by atoms with van der Waals surface area (Å²) in [5, 5.41) is 0. The van der Waals surface area contributed by atoms with Crippen molar-refractivity contribution >= 4 is 14.5 Å². The molecule has 0 aliphatic carbocycles. The highest BCUT2D eigenvalue weighted by Crippen LogP contribution is 2.18. The van der Waals surface area contributed by atoms with E-state index in [2.05, 4.69) is 11.6 Å². The minimum atomic E-state index is -1.71. The van der Waals surface area contributed by atoms with E-state index in [1.807, 2.05) is 19.6 Å². The average Bonchev–Trinajstić information content (AvgIpc) is 2.24. The van der Waals surface area contributed by atoms with E-state index in [1.54, 1.807) is 6.07 Å². The molecule has 0 aromatic heterocycles. The van der Waals surface area contributed by atoms with Gasteiger partial charge in [0, 0.05) is 11.8 Å². The van der Waals surface area contributed by atoms with Crippen molar-refractivity contribution in [3.8, 4) is 5.75 Å². The summed E-state index contributed by atoms with van der Waals surface area (Å²) in [6.45, 7) is 9.83.